The quantitative estimate of drug-likeness (QED) is 0.742. The summed E-state index contributed by atoms with van der Waals surface area (Å²) < 4.78 is 2.35. The van der Waals surface area contributed by atoms with Gasteiger partial charge in [-0.15, -0.1) is 11.3 Å². The van der Waals surface area contributed by atoms with Gasteiger partial charge in [-0.1, -0.05) is 18.2 Å². The van der Waals surface area contributed by atoms with Gasteiger partial charge >= 0.3 is 0 Å². The summed E-state index contributed by atoms with van der Waals surface area (Å²) in [5.41, 5.74) is 7.15. The summed E-state index contributed by atoms with van der Waals surface area (Å²) in [6.07, 6.45) is 0.976. The van der Waals surface area contributed by atoms with Crippen molar-refractivity contribution in [2.24, 2.45) is 5.73 Å². The van der Waals surface area contributed by atoms with Crippen LogP contribution < -0.4 is 5.73 Å². The number of hydrogen-bond donors (Lipinski definition) is 2. The number of nitrogens with one attached hydrogen (secondary N) is 1. The Labute approximate surface area is 101 Å². The van der Waals surface area contributed by atoms with E-state index in [1.54, 1.807) is 11.3 Å². The molecule has 0 saturated carbocycles. The summed E-state index contributed by atoms with van der Waals surface area (Å²) in [4.78, 5) is 10.8. The maximum Gasteiger partial charge on any atom is 0.217 e. The van der Waals surface area contributed by atoms with E-state index in [1.807, 2.05) is 12.1 Å². The van der Waals surface area contributed by atoms with Gasteiger partial charge in [-0.2, -0.15) is 5.10 Å². The Kier molecular flexibility index (Phi) is 2.33. The van der Waals surface area contributed by atoms with Crippen LogP contribution in [0.2, 0.25) is 0 Å². The molecule has 2 heterocycles. The van der Waals surface area contributed by atoms with E-state index in [4.69, 9.17) is 5.73 Å². The molecule has 0 aliphatic carbocycles. The first-order valence-electron chi connectivity index (χ1n) is 5.38. The number of H-pyrrole nitrogens is 1. The number of aromatic nitrogens is 2. The van der Waals surface area contributed by atoms with E-state index in [0.717, 1.165) is 21.3 Å². The fourth-order valence-corrected chi connectivity index (χ4v) is 3.10. The molecule has 0 saturated heterocycles. The number of thiophene rings is 1. The Morgan fingerprint density at radius 3 is 3.06 bits per heavy atom. The van der Waals surface area contributed by atoms with Crippen LogP contribution in [-0.2, 0) is 11.2 Å². The van der Waals surface area contributed by atoms with E-state index < -0.39 is 0 Å². The number of nitrogens with two attached hydrogens (primary N) is 1. The molecule has 1 aromatic carbocycles. The summed E-state index contributed by atoms with van der Waals surface area (Å²) in [5, 5.41) is 8.47. The SMILES string of the molecule is NC(=O)CCc1[nH]nc2c1sc1ccccc12. The summed E-state index contributed by atoms with van der Waals surface area (Å²) in [6.45, 7) is 0. The lowest BCUT2D eigenvalue weighted by atomic mass is 10.2. The minimum absolute atomic E-state index is 0.283. The van der Waals surface area contributed by atoms with E-state index in [2.05, 4.69) is 22.3 Å². The van der Waals surface area contributed by atoms with Crippen LogP contribution in [0, 0.1) is 0 Å². The molecule has 3 aromatic rings. The zero-order valence-corrected chi connectivity index (χ0v) is 9.88. The van der Waals surface area contributed by atoms with Gasteiger partial charge in [0.2, 0.25) is 5.91 Å². The molecule has 86 valence electrons. The second-order valence-corrected chi connectivity index (χ2v) is 5.00. The minimum atomic E-state index is -0.283. The number of rotatable bonds is 3. The monoisotopic (exact) mass is 245 g/mol. The molecule has 17 heavy (non-hydrogen) atoms. The van der Waals surface area contributed by atoms with E-state index in [-0.39, 0.29) is 5.91 Å². The number of carbonyl (C=O) groups excluding carboxylic acids is 1. The Morgan fingerprint density at radius 1 is 1.41 bits per heavy atom. The van der Waals surface area contributed by atoms with Crippen molar-refractivity contribution >= 4 is 37.5 Å². The summed E-state index contributed by atoms with van der Waals surface area (Å²) >= 11 is 1.70. The molecule has 3 N–H and O–H groups in total. The first-order valence-corrected chi connectivity index (χ1v) is 6.20. The Bertz CT molecular complexity index is 698. The van der Waals surface area contributed by atoms with E-state index in [1.165, 1.54) is 4.70 Å². The van der Waals surface area contributed by atoms with Crippen LogP contribution >= 0.6 is 11.3 Å². The second kappa shape index (κ2) is 3.85. The number of benzene rings is 1. The van der Waals surface area contributed by atoms with Gasteiger partial charge < -0.3 is 5.73 Å². The highest BCUT2D eigenvalue weighted by molar-refractivity contribution is 7.25. The Morgan fingerprint density at radius 2 is 2.24 bits per heavy atom. The van der Waals surface area contributed by atoms with Crippen molar-refractivity contribution < 1.29 is 4.79 Å². The van der Waals surface area contributed by atoms with Gasteiger partial charge in [0.15, 0.2) is 0 Å². The molecule has 0 spiro atoms. The number of primary amides is 1. The first kappa shape index (κ1) is 10.3. The maximum atomic E-state index is 10.8. The average molecular weight is 245 g/mol. The highest BCUT2D eigenvalue weighted by Gasteiger charge is 2.12. The Balaban J connectivity index is 2.11. The lowest BCUT2D eigenvalue weighted by molar-refractivity contribution is -0.117. The van der Waals surface area contributed by atoms with E-state index >= 15 is 0 Å². The molecule has 1 amide bonds. The van der Waals surface area contributed by atoms with Crippen molar-refractivity contribution in [3.63, 3.8) is 0 Å². The zero-order valence-electron chi connectivity index (χ0n) is 9.06. The fraction of sp³-hybridized carbons (Fsp3) is 0.167. The zero-order chi connectivity index (χ0) is 11.8. The lowest BCUT2D eigenvalue weighted by Gasteiger charge is -1.92. The molecule has 0 atom stereocenters. The van der Waals surface area contributed by atoms with E-state index in [0.29, 0.717) is 12.8 Å². The smallest absolute Gasteiger partial charge is 0.217 e. The van der Waals surface area contributed by atoms with Crippen LogP contribution in [0.4, 0.5) is 0 Å². The molecular formula is C12H11N3OS. The third-order valence-corrected chi connectivity index (χ3v) is 3.99. The fourth-order valence-electron chi connectivity index (χ4n) is 1.94. The second-order valence-electron chi connectivity index (χ2n) is 3.94. The van der Waals surface area contributed by atoms with Gasteiger partial charge in [0.1, 0.15) is 5.52 Å². The third kappa shape index (κ3) is 1.68. The van der Waals surface area contributed by atoms with Crippen molar-refractivity contribution in [2.45, 2.75) is 12.8 Å². The number of aromatic amines is 1. The molecule has 2 aromatic heterocycles. The molecule has 4 nitrogen and oxygen atoms in total. The summed E-state index contributed by atoms with van der Waals surface area (Å²) in [7, 11) is 0. The van der Waals surface area contributed by atoms with Crippen LogP contribution in [0.15, 0.2) is 24.3 Å². The normalized spacial score (nSPS) is 11.3. The molecule has 0 bridgehead atoms. The van der Waals surface area contributed by atoms with Gasteiger partial charge in [0.05, 0.1) is 10.4 Å². The van der Waals surface area contributed by atoms with Crippen molar-refractivity contribution in [2.75, 3.05) is 0 Å². The number of fused-ring (bicyclic) bond motifs is 3. The van der Waals surface area contributed by atoms with Crippen LogP contribution in [0.25, 0.3) is 20.3 Å². The number of amides is 1. The predicted octanol–water partition coefficient (Wildman–Crippen LogP) is 2.20. The van der Waals surface area contributed by atoms with Crippen molar-refractivity contribution in [3.05, 3.63) is 30.0 Å². The van der Waals surface area contributed by atoms with Crippen LogP contribution in [0.1, 0.15) is 12.1 Å². The maximum absolute atomic E-state index is 10.8. The van der Waals surface area contributed by atoms with Crippen molar-refractivity contribution in [1.29, 1.82) is 0 Å². The number of aryl methyl sites for hydroxylation is 1. The molecular weight excluding hydrogens is 234 g/mol. The number of nitrogens with zero attached hydrogens (tertiary/aromatic N) is 1. The first-order chi connectivity index (χ1) is 8.25. The molecule has 0 unspecified atom stereocenters. The van der Waals surface area contributed by atoms with Crippen molar-refractivity contribution in [3.8, 4) is 0 Å². The number of hydrogen-bond acceptors (Lipinski definition) is 3. The molecule has 0 radical (unpaired) electrons. The number of carbonyl (C=O) groups is 1. The van der Waals surface area contributed by atoms with Gasteiger partial charge in [-0.05, 0) is 12.5 Å². The van der Waals surface area contributed by atoms with Gasteiger partial charge in [-0.3, -0.25) is 9.89 Å². The third-order valence-electron chi connectivity index (χ3n) is 2.77. The molecule has 0 fully saturated rings. The van der Waals surface area contributed by atoms with Gasteiger partial charge in [-0.25, -0.2) is 0 Å². The highest BCUT2D eigenvalue weighted by Crippen LogP contribution is 2.34. The minimum Gasteiger partial charge on any atom is -0.370 e. The Hall–Kier alpha value is -1.88. The summed E-state index contributed by atoms with van der Waals surface area (Å²) in [6, 6.07) is 8.17. The molecule has 5 heteroatoms. The van der Waals surface area contributed by atoms with Crippen molar-refractivity contribution in [1.82, 2.24) is 10.2 Å². The molecule has 0 aliphatic heterocycles. The van der Waals surface area contributed by atoms with Gasteiger partial charge in [0.25, 0.3) is 0 Å². The summed E-state index contributed by atoms with van der Waals surface area (Å²) in [5.74, 6) is -0.283. The van der Waals surface area contributed by atoms with E-state index in [9.17, 15) is 4.79 Å². The highest BCUT2D eigenvalue weighted by atomic mass is 32.1. The largest absolute Gasteiger partial charge is 0.370 e. The van der Waals surface area contributed by atoms with Crippen LogP contribution in [-0.4, -0.2) is 16.1 Å². The lowest BCUT2D eigenvalue weighted by Crippen LogP contribution is -2.11. The van der Waals surface area contributed by atoms with Gasteiger partial charge in [0, 0.05) is 16.5 Å². The molecule has 0 aliphatic rings. The predicted molar refractivity (Wildman–Crippen MR) is 69.0 cm³/mol. The topological polar surface area (TPSA) is 71.8 Å². The van der Waals surface area contributed by atoms with Crippen LogP contribution in [0.3, 0.4) is 0 Å². The average Bonchev–Trinajstić information content (AvgIpc) is 2.85. The van der Waals surface area contributed by atoms with Crippen LogP contribution in [0.5, 0.6) is 0 Å². The standard InChI is InChI=1S/C12H11N3OS/c13-10(16)6-5-8-12-11(15-14-8)7-3-1-2-4-9(7)17-12/h1-4H,5-6H2,(H2,13,16)(H,14,15). The molecule has 3 rings (SSSR count).